The van der Waals surface area contributed by atoms with Gasteiger partial charge in [-0.05, 0) is 18.6 Å². The maximum atomic E-state index is 4.80. The van der Waals surface area contributed by atoms with Gasteiger partial charge in [0.1, 0.15) is 5.01 Å². The smallest absolute Gasteiger partial charge is 0.124 e. The van der Waals surface area contributed by atoms with Crippen LogP contribution in [0.4, 0.5) is 0 Å². The van der Waals surface area contributed by atoms with Crippen molar-refractivity contribution in [2.45, 2.75) is 46.2 Å². The lowest BCUT2D eigenvalue weighted by molar-refractivity contribution is 0.589. The highest BCUT2D eigenvalue weighted by atomic mass is 32.1. The summed E-state index contributed by atoms with van der Waals surface area (Å²) < 4.78 is 0. The van der Waals surface area contributed by atoms with E-state index in [-0.39, 0.29) is 0 Å². The Balaban J connectivity index is 2.24. The van der Waals surface area contributed by atoms with Crippen LogP contribution in [0.25, 0.3) is 10.6 Å². The maximum absolute atomic E-state index is 4.80. The minimum absolute atomic E-state index is 0.501. The van der Waals surface area contributed by atoms with E-state index in [9.17, 15) is 0 Å². The average Bonchev–Trinajstić information content (AvgIpc) is 2.81. The van der Waals surface area contributed by atoms with Crippen molar-refractivity contribution in [1.82, 2.24) is 15.3 Å². The summed E-state index contributed by atoms with van der Waals surface area (Å²) in [6, 6.07) is 4.54. The van der Waals surface area contributed by atoms with E-state index in [0.717, 1.165) is 30.0 Å². The molecular formula is C15H21N3S. The fraction of sp³-hybridized carbons (Fsp3) is 0.467. The first-order valence-corrected chi connectivity index (χ1v) is 7.64. The third kappa shape index (κ3) is 3.85. The number of nitrogens with one attached hydrogen (secondary N) is 1. The van der Waals surface area contributed by atoms with Crippen LogP contribution < -0.4 is 5.32 Å². The second kappa shape index (κ2) is 6.78. The molecule has 0 aliphatic rings. The predicted molar refractivity (Wildman–Crippen MR) is 81.3 cm³/mol. The van der Waals surface area contributed by atoms with E-state index in [2.05, 4.69) is 31.1 Å². The summed E-state index contributed by atoms with van der Waals surface area (Å²) in [6.07, 6.45) is 5.83. The van der Waals surface area contributed by atoms with Crippen LogP contribution in [-0.4, -0.2) is 16.0 Å². The molecule has 4 heteroatoms. The first-order valence-electron chi connectivity index (χ1n) is 6.83. The molecule has 2 heterocycles. The molecule has 0 atom stereocenters. The fourth-order valence-electron chi connectivity index (χ4n) is 1.87. The van der Waals surface area contributed by atoms with Crippen molar-refractivity contribution in [3.05, 3.63) is 35.1 Å². The second-order valence-electron chi connectivity index (χ2n) is 4.91. The Hall–Kier alpha value is -1.26. The van der Waals surface area contributed by atoms with Crippen LogP contribution in [0.1, 0.15) is 37.8 Å². The topological polar surface area (TPSA) is 37.8 Å². The Labute approximate surface area is 119 Å². The molecule has 102 valence electrons. The zero-order valence-corrected chi connectivity index (χ0v) is 12.6. The molecule has 0 spiro atoms. The van der Waals surface area contributed by atoms with Gasteiger partial charge in [0.25, 0.3) is 0 Å². The summed E-state index contributed by atoms with van der Waals surface area (Å²) in [5.41, 5.74) is 2.40. The summed E-state index contributed by atoms with van der Waals surface area (Å²) in [4.78, 5) is 10.2. The minimum atomic E-state index is 0.501. The van der Waals surface area contributed by atoms with E-state index in [1.807, 2.05) is 24.5 Å². The highest BCUT2D eigenvalue weighted by Crippen LogP contribution is 2.28. The van der Waals surface area contributed by atoms with Crippen LogP contribution in [0, 0.1) is 0 Å². The molecule has 0 aliphatic heterocycles. The molecule has 0 saturated heterocycles. The molecule has 2 rings (SSSR count). The van der Waals surface area contributed by atoms with Crippen LogP contribution in [0.3, 0.4) is 0 Å². The minimum Gasteiger partial charge on any atom is -0.310 e. The van der Waals surface area contributed by atoms with Gasteiger partial charge in [0.15, 0.2) is 0 Å². The van der Waals surface area contributed by atoms with E-state index in [4.69, 9.17) is 4.98 Å². The monoisotopic (exact) mass is 275 g/mol. The number of thiazole rings is 1. The summed E-state index contributed by atoms with van der Waals surface area (Å²) in [6.45, 7) is 7.45. The van der Waals surface area contributed by atoms with Crippen molar-refractivity contribution < 1.29 is 0 Å². The zero-order chi connectivity index (χ0) is 13.7. The van der Waals surface area contributed by atoms with E-state index < -0.39 is 0 Å². The third-order valence-electron chi connectivity index (χ3n) is 2.86. The number of pyridine rings is 1. The molecule has 0 radical (unpaired) electrons. The van der Waals surface area contributed by atoms with E-state index in [1.165, 1.54) is 10.6 Å². The van der Waals surface area contributed by atoms with Crippen LogP contribution in [0.2, 0.25) is 0 Å². The first-order chi connectivity index (χ1) is 9.20. The van der Waals surface area contributed by atoms with Gasteiger partial charge in [-0.15, -0.1) is 11.3 Å². The Kier molecular flexibility index (Phi) is 5.05. The van der Waals surface area contributed by atoms with Crippen LogP contribution >= 0.6 is 11.3 Å². The highest BCUT2D eigenvalue weighted by molar-refractivity contribution is 7.15. The van der Waals surface area contributed by atoms with Crippen LogP contribution in [0.5, 0.6) is 0 Å². The predicted octanol–water partition coefficient (Wildman–Crippen LogP) is 3.66. The lowest BCUT2D eigenvalue weighted by atomic mass is 10.2. The number of aromatic nitrogens is 2. The Morgan fingerprint density at radius 1 is 1.26 bits per heavy atom. The van der Waals surface area contributed by atoms with Gasteiger partial charge in [-0.1, -0.05) is 27.2 Å². The van der Waals surface area contributed by atoms with Crippen LogP contribution in [0.15, 0.2) is 24.5 Å². The van der Waals surface area contributed by atoms with Crippen molar-refractivity contribution in [3.63, 3.8) is 0 Å². The molecular weight excluding hydrogens is 254 g/mol. The van der Waals surface area contributed by atoms with Gasteiger partial charge in [-0.2, -0.15) is 0 Å². The fourth-order valence-corrected chi connectivity index (χ4v) is 2.93. The lowest BCUT2D eigenvalue weighted by Crippen LogP contribution is -2.21. The summed E-state index contributed by atoms with van der Waals surface area (Å²) in [5.74, 6) is 0. The summed E-state index contributed by atoms with van der Waals surface area (Å²) in [5, 5.41) is 4.59. The van der Waals surface area contributed by atoms with Gasteiger partial charge in [0.05, 0.1) is 5.69 Å². The SMILES string of the molecule is CCCc1nc(-c2ccncc2)sc1CNC(C)C. The summed E-state index contributed by atoms with van der Waals surface area (Å²) in [7, 11) is 0. The Bertz CT molecular complexity index is 505. The molecule has 0 aromatic carbocycles. The molecule has 0 unspecified atom stereocenters. The Morgan fingerprint density at radius 2 is 2.00 bits per heavy atom. The molecule has 0 bridgehead atoms. The molecule has 1 N–H and O–H groups in total. The van der Waals surface area contributed by atoms with Gasteiger partial charge < -0.3 is 5.32 Å². The lowest BCUT2D eigenvalue weighted by Gasteiger charge is -2.07. The van der Waals surface area contributed by atoms with Gasteiger partial charge in [0, 0.05) is 35.4 Å². The number of nitrogens with zero attached hydrogens (tertiary/aromatic N) is 2. The van der Waals surface area contributed by atoms with Gasteiger partial charge in [-0.3, -0.25) is 4.98 Å². The summed E-state index contributed by atoms with van der Waals surface area (Å²) >= 11 is 1.79. The molecule has 2 aromatic rings. The van der Waals surface area contributed by atoms with Crippen molar-refractivity contribution in [2.24, 2.45) is 0 Å². The number of hydrogen-bond donors (Lipinski definition) is 1. The van der Waals surface area contributed by atoms with Gasteiger partial charge in [0.2, 0.25) is 0 Å². The van der Waals surface area contributed by atoms with Crippen molar-refractivity contribution >= 4 is 11.3 Å². The van der Waals surface area contributed by atoms with Crippen molar-refractivity contribution in [1.29, 1.82) is 0 Å². The normalized spacial score (nSPS) is 11.2. The van der Waals surface area contributed by atoms with Crippen molar-refractivity contribution in [2.75, 3.05) is 0 Å². The molecule has 2 aromatic heterocycles. The zero-order valence-electron chi connectivity index (χ0n) is 11.8. The van der Waals surface area contributed by atoms with Gasteiger partial charge >= 0.3 is 0 Å². The maximum Gasteiger partial charge on any atom is 0.124 e. The largest absolute Gasteiger partial charge is 0.310 e. The van der Waals surface area contributed by atoms with E-state index in [0.29, 0.717) is 6.04 Å². The van der Waals surface area contributed by atoms with Crippen molar-refractivity contribution in [3.8, 4) is 10.6 Å². The standard InChI is InChI=1S/C15H21N3S/c1-4-5-13-14(10-17-11(2)3)19-15(18-13)12-6-8-16-9-7-12/h6-9,11,17H,4-5,10H2,1-3H3. The molecule has 0 fully saturated rings. The highest BCUT2D eigenvalue weighted by Gasteiger charge is 2.12. The number of hydrogen-bond acceptors (Lipinski definition) is 4. The van der Waals surface area contributed by atoms with E-state index in [1.54, 1.807) is 11.3 Å². The van der Waals surface area contributed by atoms with Gasteiger partial charge in [-0.25, -0.2) is 4.98 Å². The molecule has 0 saturated carbocycles. The third-order valence-corrected chi connectivity index (χ3v) is 4.01. The quantitative estimate of drug-likeness (QED) is 0.874. The second-order valence-corrected chi connectivity index (χ2v) is 5.99. The van der Waals surface area contributed by atoms with Crippen LogP contribution in [-0.2, 0) is 13.0 Å². The average molecular weight is 275 g/mol. The molecule has 0 amide bonds. The first kappa shape index (κ1) is 14.2. The molecule has 19 heavy (non-hydrogen) atoms. The van der Waals surface area contributed by atoms with E-state index >= 15 is 0 Å². The number of rotatable bonds is 6. The Morgan fingerprint density at radius 3 is 2.63 bits per heavy atom. The molecule has 3 nitrogen and oxygen atoms in total. The number of aryl methyl sites for hydroxylation is 1. The molecule has 0 aliphatic carbocycles.